The van der Waals surface area contributed by atoms with E-state index in [4.69, 9.17) is 15.2 Å². The molecule has 1 aromatic carbocycles. The van der Waals surface area contributed by atoms with Crippen molar-refractivity contribution < 1.29 is 14.3 Å². The molecule has 1 unspecified atom stereocenters. The molecule has 2 heterocycles. The van der Waals surface area contributed by atoms with E-state index in [0.29, 0.717) is 18.0 Å². The summed E-state index contributed by atoms with van der Waals surface area (Å²) in [5.41, 5.74) is 6.53. The number of amides is 1. The highest BCUT2D eigenvalue weighted by Gasteiger charge is 2.21. The Hall–Kier alpha value is -1.50. The van der Waals surface area contributed by atoms with Crippen LogP contribution in [0.4, 0.5) is 5.69 Å². The third-order valence-corrected chi connectivity index (χ3v) is 3.33. The molecular formula is C13H18ClN3O3. The SMILES string of the molecule is Cl.NC1CCN(CC(=O)Nc2ccc3c(c2)OCO3)C1. The second-order valence-corrected chi connectivity index (χ2v) is 4.90. The fourth-order valence-corrected chi connectivity index (χ4v) is 2.38. The van der Waals surface area contributed by atoms with E-state index >= 15 is 0 Å². The first kappa shape index (κ1) is 14.9. The molecule has 3 N–H and O–H groups in total. The van der Waals surface area contributed by atoms with Gasteiger partial charge in [0.25, 0.3) is 0 Å². The van der Waals surface area contributed by atoms with Crippen LogP contribution in [0.2, 0.25) is 0 Å². The summed E-state index contributed by atoms with van der Waals surface area (Å²) < 4.78 is 10.5. The second kappa shape index (κ2) is 6.30. The number of hydrogen-bond acceptors (Lipinski definition) is 5. The van der Waals surface area contributed by atoms with E-state index in [1.54, 1.807) is 18.2 Å². The molecule has 20 heavy (non-hydrogen) atoms. The van der Waals surface area contributed by atoms with Gasteiger partial charge < -0.3 is 20.5 Å². The van der Waals surface area contributed by atoms with Crippen molar-refractivity contribution in [2.45, 2.75) is 12.5 Å². The van der Waals surface area contributed by atoms with Crippen LogP contribution < -0.4 is 20.5 Å². The number of hydrogen-bond donors (Lipinski definition) is 2. The summed E-state index contributed by atoms with van der Waals surface area (Å²) in [6.07, 6.45) is 0.956. The molecule has 0 radical (unpaired) electrons. The van der Waals surface area contributed by atoms with E-state index in [1.165, 1.54) is 0 Å². The third-order valence-electron chi connectivity index (χ3n) is 3.33. The van der Waals surface area contributed by atoms with Gasteiger partial charge in [0.05, 0.1) is 6.54 Å². The van der Waals surface area contributed by atoms with Crippen LogP contribution >= 0.6 is 12.4 Å². The molecule has 6 nitrogen and oxygen atoms in total. The topological polar surface area (TPSA) is 76.8 Å². The molecule has 1 aromatic rings. The molecule has 1 fully saturated rings. The minimum atomic E-state index is -0.0343. The van der Waals surface area contributed by atoms with Gasteiger partial charge in [0, 0.05) is 30.9 Å². The van der Waals surface area contributed by atoms with Gasteiger partial charge in [0.2, 0.25) is 12.7 Å². The van der Waals surface area contributed by atoms with Gasteiger partial charge >= 0.3 is 0 Å². The molecular weight excluding hydrogens is 282 g/mol. The first-order chi connectivity index (χ1) is 9.20. The van der Waals surface area contributed by atoms with E-state index in [1.807, 2.05) is 0 Å². The van der Waals surface area contributed by atoms with E-state index in [-0.39, 0.29) is 31.1 Å². The standard InChI is InChI=1S/C13H17N3O3.ClH/c14-9-3-4-16(6-9)7-13(17)15-10-1-2-11-12(5-10)19-8-18-11;/h1-2,5,9H,3-4,6-8,14H2,(H,15,17);1H. The molecule has 110 valence electrons. The van der Waals surface area contributed by atoms with E-state index in [2.05, 4.69) is 10.2 Å². The average molecular weight is 300 g/mol. The monoisotopic (exact) mass is 299 g/mol. The molecule has 2 aliphatic heterocycles. The summed E-state index contributed by atoms with van der Waals surface area (Å²) in [6, 6.07) is 5.57. The van der Waals surface area contributed by atoms with Crippen LogP contribution in [0.15, 0.2) is 18.2 Å². The molecule has 0 aromatic heterocycles. The van der Waals surface area contributed by atoms with Gasteiger partial charge in [-0.15, -0.1) is 12.4 Å². The van der Waals surface area contributed by atoms with Crippen molar-refractivity contribution in [3.8, 4) is 11.5 Å². The normalized spacial score (nSPS) is 20.6. The van der Waals surface area contributed by atoms with Crippen molar-refractivity contribution in [1.29, 1.82) is 0 Å². The number of nitrogens with one attached hydrogen (secondary N) is 1. The number of ether oxygens (including phenoxy) is 2. The smallest absolute Gasteiger partial charge is 0.238 e. The Morgan fingerprint density at radius 2 is 2.20 bits per heavy atom. The predicted molar refractivity (Wildman–Crippen MR) is 77.5 cm³/mol. The quantitative estimate of drug-likeness (QED) is 0.864. The summed E-state index contributed by atoms with van der Waals surface area (Å²) >= 11 is 0. The number of nitrogens with two attached hydrogens (primary N) is 1. The lowest BCUT2D eigenvalue weighted by molar-refractivity contribution is -0.117. The minimum Gasteiger partial charge on any atom is -0.454 e. The number of anilines is 1. The maximum absolute atomic E-state index is 11.9. The Morgan fingerprint density at radius 3 is 2.95 bits per heavy atom. The summed E-state index contributed by atoms with van der Waals surface area (Å²) in [5.74, 6) is 1.34. The largest absolute Gasteiger partial charge is 0.454 e. The second-order valence-electron chi connectivity index (χ2n) is 4.90. The lowest BCUT2D eigenvalue weighted by atomic mass is 10.2. The van der Waals surface area contributed by atoms with Crippen LogP contribution in [0.25, 0.3) is 0 Å². The Morgan fingerprint density at radius 1 is 1.40 bits per heavy atom. The number of carbonyl (C=O) groups excluding carboxylic acids is 1. The van der Waals surface area contributed by atoms with Gasteiger partial charge in [0.15, 0.2) is 11.5 Å². The van der Waals surface area contributed by atoms with Gasteiger partial charge in [-0.05, 0) is 18.6 Å². The molecule has 0 bridgehead atoms. The highest BCUT2D eigenvalue weighted by Crippen LogP contribution is 2.34. The van der Waals surface area contributed by atoms with Gasteiger partial charge in [-0.3, -0.25) is 9.69 Å². The highest BCUT2D eigenvalue weighted by molar-refractivity contribution is 5.92. The average Bonchev–Trinajstić information content (AvgIpc) is 2.97. The van der Waals surface area contributed by atoms with Gasteiger partial charge in [-0.2, -0.15) is 0 Å². The van der Waals surface area contributed by atoms with E-state index in [0.717, 1.165) is 25.2 Å². The van der Waals surface area contributed by atoms with Crippen LogP contribution in [-0.2, 0) is 4.79 Å². The maximum Gasteiger partial charge on any atom is 0.238 e. The molecule has 2 aliphatic rings. The fourth-order valence-electron chi connectivity index (χ4n) is 2.38. The van der Waals surface area contributed by atoms with Crippen LogP contribution in [0.3, 0.4) is 0 Å². The molecule has 1 atom stereocenters. The molecule has 1 saturated heterocycles. The van der Waals surface area contributed by atoms with Crippen LogP contribution in [0.5, 0.6) is 11.5 Å². The minimum absolute atomic E-state index is 0. The molecule has 1 amide bonds. The number of carbonyl (C=O) groups is 1. The maximum atomic E-state index is 11.9. The number of rotatable bonds is 3. The zero-order chi connectivity index (χ0) is 13.2. The number of benzene rings is 1. The van der Waals surface area contributed by atoms with Crippen LogP contribution in [0, 0.1) is 0 Å². The van der Waals surface area contributed by atoms with Crippen LogP contribution in [-0.4, -0.2) is 43.3 Å². The zero-order valence-electron chi connectivity index (χ0n) is 11.0. The molecule has 0 aliphatic carbocycles. The first-order valence-corrected chi connectivity index (χ1v) is 6.38. The summed E-state index contributed by atoms with van der Waals surface area (Å²) in [7, 11) is 0. The molecule has 3 rings (SSSR count). The lowest BCUT2D eigenvalue weighted by Gasteiger charge is -2.14. The Balaban J connectivity index is 0.00000147. The van der Waals surface area contributed by atoms with Gasteiger partial charge in [-0.25, -0.2) is 0 Å². The fraction of sp³-hybridized carbons (Fsp3) is 0.462. The highest BCUT2D eigenvalue weighted by atomic mass is 35.5. The van der Waals surface area contributed by atoms with Crippen molar-refractivity contribution in [2.24, 2.45) is 5.73 Å². The molecule has 0 spiro atoms. The third kappa shape index (κ3) is 3.33. The number of halogens is 1. The van der Waals surface area contributed by atoms with Crippen molar-refractivity contribution in [1.82, 2.24) is 4.90 Å². The van der Waals surface area contributed by atoms with E-state index in [9.17, 15) is 4.79 Å². The van der Waals surface area contributed by atoms with Crippen molar-refractivity contribution in [2.75, 3.05) is 31.7 Å². The van der Waals surface area contributed by atoms with Crippen molar-refractivity contribution >= 4 is 24.0 Å². The summed E-state index contributed by atoms with van der Waals surface area (Å²) in [4.78, 5) is 14.0. The Labute approximate surface area is 123 Å². The molecule has 7 heteroatoms. The zero-order valence-corrected chi connectivity index (χ0v) is 11.8. The van der Waals surface area contributed by atoms with Crippen LogP contribution in [0.1, 0.15) is 6.42 Å². The van der Waals surface area contributed by atoms with E-state index < -0.39 is 0 Å². The van der Waals surface area contributed by atoms with Crippen molar-refractivity contribution in [3.05, 3.63) is 18.2 Å². The Kier molecular flexibility index (Phi) is 4.69. The lowest BCUT2D eigenvalue weighted by Crippen LogP contribution is -2.33. The number of likely N-dealkylation sites (tertiary alicyclic amines) is 1. The molecule has 0 saturated carbocycles. The van der Waals surface area contributed by atoms with Gasteiger partial charge in [0.1, 0.15) is 0 Å². The number of nitrogens with zero attached hydrogens (tertiary/aromatic N) is 1. The number of fused-ring (bicyclic) bond motifs is 1. The summed E-state index contributed by atoms with van der Waals surface area (Å²) in [6.45, 7) is 2.28. The van der Waals surface area contributed by atoms with Gasteiger partial charge in [-0.1, -0.05) is 0 Å². The Bertz CT molecular complexity index is 498. The first-order valence-electron chi connectivity index (χ1n) is 6.38. The summed E-state index contributed by atoms with van der Waals surface area (Å²) in [5, 5.41) is 2.86. The van der Waals surface area contributed by atoms with Crippen molar-refractivity contribution in [3.63, 3.8) is 0 Å². The predicted octanol–water partition coefficient (Wildman–Crippen LogP) is 0.809.